The first-order chi connectivity index (χ1) is 13.7. The van der Waals surface area contributed by atoms with E-state index in [4.69, 9.17) is 9.26 Å². The van der Waals surface area contributed by atoms with Crippen molar-refractivity contribution in [1.82, 2.24) is 15.5 Å². The summed E-state index contributed by atoms with van der Waals surface area (Å²) in [5.74, 6) is 2.31. The maximum absolute atomic E-state index is 12.4. The van der Waals surface area contributed by atoms with Gasteiger partial charge in [0.25, 0.3) is 5.91 Å². The Morgan fingerprint density at radius 2 is 1.89 bits per heavy atom. The van der Waals surface area contributed by atoms with Crippen molar-refractivity contribution in [3.63, 3.8) is 0 Å². The number of amides is 1. The second-order valence-corrected chi connectivity index (χ2v) is 7.01. The van der Waals surface area contributed by atoms with Crippen molar-refractivity contribution in [2.45, 2.75) is 38.1 Å². The van der Waals surface area contributed by atoms with E-state index < -0.39 is 0 Å². The molecule has 0 unspecified atom stereocenters. The Bertz CT molecular complexity index is 944. The van der Waals surface area contributed by atoms with Gasteiger partial charge in [0.15, 0.2) is 0 Å². The van der Waals surface area contributed by atoms with Crippen molar-refractivity contribution in [3.05, 3.63) is 65.5 Å². The van der Waals surface area contributed by atoms with Crippen molar-refractivity contribution >= 4 is 5.91 Å². The lowest BCUT2D eigenvalue weighted by atomic mass is 10.1. The van der Waals surface area contributed by atoms with Crippen molar-refractivity contribution in [3.8, 4) is 17.1 Å². The molecule has 0 aliphatic heterocycles. The minimum Gasteiger partial charge on any atom is -0.496 e. The van der Waals surface area contributed by atoms with E-state index in [2.05, 4.69) is 15.5 Å². The Morgan fingerprint density at radius 1 is 1.14 bits per heavy atom. The van der Waals surface area contributed by atoms with Crippen LogP contribution in [0.15, 0.2) is 53.1 Å². The third-order valence-electron chi connectivity index (χ3n) is 5.18. The zero-order chi connectivity index (χ0) is 19.3. The fraction of sp³-hybridized carbons (Fsp3) is 0.318. The molecule has 0 atom stereocenters. The zero-order valence-electron chi connectivity index (χ0n) is 15.9. The Morgan fingerprint density at radius 3 is 2.64 bits per heavy atom. The highest BCUT2D eigenvalue weighted by atomic mass is 16.5. The van der Waals surface area contributed by atoms with Gasteiger partial charge in [-0.3, -0.25) is 4.79 Å². The smallest absolute Gasteiger partial charge is 0.251 e. The Labute approximate surface area is 163 Å². The second-order valence-electron chi connectivity index (χ2n) is 7.01. The van der Waals surface area contributed by atoms with Crippen LogP contribution in [0, 0.1) is 0 Å². The molecule has 0 radical (unpaired) electrons. The Hall–Kier alpha value is -3.15. The highest BCUT2D eigenvalue weighted by Crippen LogP contribution is 2.33. The maximum Gasteiger partial charge on any atom is 0.251 e. The molecule has 0 bridgehead atoms. The first kappa shape index (κ1) is 18.2. The molecule has 6 heteroatoms. The van der Waals surface area contributed by atoms with Crippen LogP contribution in [-0.2, 0) is 6.54 Å². The Kier molecular flexibility index (Phi) is 5.37. The monoisotopic (exact) mass is 377 g/mol. The van der Waals surface area contributed by atoms with E-state index in [1.807, 2.05) is 36.4 Å². The average molecular weight is 377 g/mol. The van der Waals surface area contributed by atoms with Crippen molar-refractivity contribution in [2.75, 3.05) is 7.11 Å². The molecule has 1 N–H and O–H groups in total. The normalized spacial score (nSPS) is 14.2. The predicted octanol–water partition coefficient (Wildman–Crippen LogP) is 4.33. The lowest BCUT2D eigenvalue weighted by Crippen LogP contribution is -2.22. The van der Waals surface area contributed by atoms with Crippen LogP contribution >= 0.6 is 0 Å². The largest absolute Gasteiger partial charge is 0.496 e. The number of methoxy groups -OCH3 is 1. The average Bonchev–Trinajstić information content (AvgIpc) is 3.44. The fourth-order valence-corrected chi connectivity index (χ4v) is 3.59. The van der Waals surface area contributed by atoms with Crippen LogP contribution in [0.1, 0.15) is 53.4 Å². The van der Waals surface area contributed by atoms with Crippen LogP contribution in [0.4, 0.5) is 0 Å². The molecule has 28 heavy (non-hydrogen) atoms. The molecule has 1 saturated carbocycles. The van der Waals surface area contributed by atoms with Gasteiger partial charge in [-0.25, -0.2) is 0 Å². The minimum absolute atomic E-state index is 0.141. The number of rotatable bonds is 6. The fourth-order valence-electron chi connectivity index (χ4n) is 3.59. The van der Waals surface area contributed by atoms with Gasteiger partial charge in [0.1, 0.15) is 5.75 Å². The molecule has 0 spiro atoms. The number of hydrogen-bond acceptors (Lipinski definition) is 5. The van der Waals surface area contributed by atoms with Gasteiger partial charge in [-0.2, -0.15) is 4.98 Å². The van der Waals surface area contributed by atoms with Crippen molar-refractivity contribution in [1.29, 1.82) is 0 Å². The number of carbonyl (C=O) groups is 1. The maximum atomic E-state index is 12.4. The molecule has 4 rings (SSSR count). The van der Waals surface area contributed by atoms with Crippen LogP contribution in [0.25, 0.3) is 11.4 Å². The third-order valence-corrected chi connectivity index (χ3v) is 5.18. The minimum atomic E-state index is -0.141. The number of para-hydroxylation sites is 1. The Balaban J connectivity index is 1.40. The van der Waals surface area contributed by atoms with Gasteiger partial charge in [0.05, 0.1) is 7.11 Å². The lowest BCUT2D eigenvalue weighted by Gasteiger charge is -2.09. The van der Waals surface area contributed by atoms with Gasteiger partial charge in [0.2, 0.25) is 11.7 Å². The second kappa shape index (κ2) is 8.25. The summed E-state index contributed by atoms with van der Waals surface area (Å²) in [6, 6.07) is 14.9. The van der Waals surface area contributed by atoms with E-state index in [9.17, 15) is 4.79 Å². The molecule has 1 fully saturated rings. The number of benzene rings is 2. The van der Waals surface area contributed by atoms with Crippen LogP contribution < -0.4 is 10.1 Å². The standard InChI is InChI=1S/C22H23N3O3/c1-27-19-9-5-4-8-18(19)14-23-21(26)16-12-10-15(11-13-16)20-24-22(28-25-20)17-6-2-3-7-17/h4-5,8-13,17H,2-3,6-7,14H2,1H3,(H,23,26). The molecular formula is C22H23N3O3. The number of carbonyl (C=O) groups excluding carboxylic acids is 1. The first-order valence-corrected chi connectivity index (χ1v) is 9.59. The zero-order valence-corrected chi connectivity index (χ0v) is 15.9. The predicted molar refractivity (Wildman–Crippen MR) is 105 cm³/mol. The molecule has 1 aromatic heterocycles. The molecule has 1 heterocycles. The summed E-state index contributed by atoms with van der Waals surface area (Å²) in [4.78, 5) is 17.0. The van der Waals surface area contributed by atoms with E-state index in [0.717, 1.165) is 35.6 Å². The number of hydrogen-bond donors (Lipinski definition) is 1. The SMILES string of the molecule is COc1ccccc1CNC(=O)c1ccc(-c2noc(C3CCCC3)n2)cc1. The summed E-state index contributed by atoms with van der Waals surface area (Å²) in [5, 5.41) is 7.02. The first-order valence-electron chi connectivity index (χ1n) is 9.59. The summed E-state index contributed by atoms with van der Waals surface area (Å²) in [5.41, 5.74) is 2.36. The molecule has 1 aliphatic carbocycles. The van der Waals surface area contributed by atoms with E-state index in [1.54, 1.807) is 19.2 Å². The van der Waals surface area contributed by atoms with E-state index in [1.165, 1.54) is 12.8 Å². The van der Waals surface area contributed by atoms with Gasteiger partial charge in [-0.15, -0.1) is 0 Å². The molecule has 1 aliphatic rings. The molecule has 144 valence electrons. The molecule has 0 saturated heterocycles. The van der Waals surface area contributed by atoms with Crippen LogP contribution in [-0.4, -0.2) is 23.2 Å². The van der Waals surface area contributed by atoms with Gasteiger partial charge >= 0.3 is 0 Å². The summed E-state index contributed by atoms with van der Waals surface area (Å²) in [6.07, 6.45) is 4.68. The highest BCUT2D eigenvalue weighted by molar-refractivity contribution is 5.94. The van der Waals surface area contributed by atoms with Crippen LogP contribution in [0.5, 0.6) is 5.75 Å². The molecule has 3 aromatic rings. The highest BCUT2D eigenvalue weighted by Gasteiger charge is 2.23. The van der Waals surface area contributed by atoms with Gasteiger partial charge < -0.3 is 14.6 Å². The third kappa shape index (κ3) is 3.91. The van der Waals surface area contributed by atoms with Crippen molar-refractivity contribution < 1.29 is 14.1 Å². The van der Waals surface area contributed by atoms with Gasteiger partial charge in [-0.05, 0) is 31.0 Å². The van der Waals surface area contributed by atoms with Crippen LogP contribution in [0.3, 0.4) is 0 Å². The topological polar surface area (TPSA) is 77.2 Å². The van der Waals surface area contributed by atoms with Crippen LogP contribution in [0.2, 0.25) is 0 Å². The van der Waals surface area contributed by atoms with E-state index >= 15 is 0 Å². The van der Waals surface area contributed by atoms with Gasteiger partial charge in [-0.1, -0.05) is 48.3 Å². The summed E-state index contributed by atoms with van der Waals surface area (Å²) < 4.78 is 10.8. The summed E-state index contributed by atoms with van der Waals surface area (Å²) in [7, 11) is 1.62. The number of nitrogens with one attached hydrogen (secondary N) is 1. The molecule has 1 amide bonds. The van der Waals surface area contributed by atoms with E-state index in [0.29, 0.717) is 23.9 Å². The van der Waals surface area contributed by atoms with E-state index in [-0.39, 0.29) is 5.91 Å². The number of aromatic nitrogens is 2. The summed E-state index contributed by atoms with van der Waals surface area (Å²) in [6.45, 7) is 0.403. The number of ether oxygens (including phenoxy) is 1. The summed E-state index contributed by atoms with van der Waals surface area (Å²) >= 11 is 0. The molecule has 2 aromatic carbocycles. The lowest BCUT2D eigenvalue weighted by molar-refractivity contribution is 0.0950. The van der Waals surface area contributed by atoms with Gasteiger partial charge in [0, 0.05) is 29.2 Å². The van der Waals surface area contributed by atoms with Crippen molar-refractivity contribution in [2.24, 2.45) is 0 Å². The number of nitrogens with zero attached hydrogens (tertiary/aromatic N) is 2. The molecule has 6 nitrogen and oxygen atoms in total. The quantitative estimate of drug-likeness (QED) is 0.692. The molecular weight excluding hydrogens is 354 g/mol.